The maximum absolute atomic E-state index is 5.76. The minimum atomic E-state index is 0.819. The molecule has 0 heterocycles. The van der Waals surface area contributed by atoms with Crippen molar-refractivity contribution in [3.63, 3.8) is 0 Å². The largest absolute Gasteiger partial charge is 0.494 e. The highest BCUT2D eigenvalue weighted by atomic mass is 16.5. The highest BCUT2D eigenvalue weighted by molar-refractivity contribution is 5.28. The first-order valence-electron chi connectivity index (χ1n) is 7.39. The monoisotopic (exact) mass is 266 g/mol. The standard InChI is InChI=1S/C16H27NO2/c1-3-15-8-6-9-16(14-15)19-13-5-4-10-17-11-7-12-18-2/h6,8-9,14,17H,3-5,7,10-13H2,1-2H3/p+1. The van der Waals surface area contributed by atoms with Crippen molar-refractivity contribution in [2.75, 3.05) is 33.4 Å². The van der Waals surface area contributed by atoms with Gasteiger partial charge in [0.15, 0.2) is 0 Å². The van der Waals surface area contributed by atoms with E-state index >= 15 is 0 Å². The van der Waals surface area contributed by atoms with Gasteiger partial charge in [-0.1, -0.05) is 19.1 Å². The normalized spacial score (nSPS) is 10.6. The number of nitrogens with two attached hydrogens (primary N) is 1. The molecule has 0 aliphatic carbocycles. The summed E-state index contributed by atoms with van der Waals surface area (Å²) in [5.41, 5.74) is 1.34. The van der Waals surface area contributed by atoms with Crippen LogP contribution >= 0.6 is 0 Å². The van der Waals surface area contributed by atoms with Crippen LogP contribution in [0.4, 0.5) is 0 Å². The second-order valence-corrected chi connectivity index (χ2v) is 4.77. The van der Waals surface area contributed by atoms with Gasteiger partial charge in [-0.15, -0.1) is 0 Å². The van der Waals surface area contributed by atoms with E-state index in [4.69, 9.17) is 9.47 Å². The van der Waals surface area contributed by atoms with Crippen LogP contribution in [0.15, 0.2) is 24.3 Å². The lowest BCUT2D eigenvalue weighted by atomic mass is 10.2. The zero-order chi connectivity index (χ0) is 13.8. The van der Waals surface area contributed by atoms with E-state index < -0.39 is 0 Å². The molecular formula is C16H28NO2+. The Balaban J connectivity index is 1.98. The van der Waals surface area contributed by atoms with Crippen LogP contribution in [-0.2, 0) is 11.2 Å². The molecule has 3 heteroatoms. The summed E-state index contributed by atoms with van der Waals surface area (Å²) in [5.74, 6) is 1.00. The van der Waals surface area contributed by atoms with Crippen molar-refractivity contribution in [3.05, 3.63) is 29.8 Å². The molecule has 0 saturated heterocycles. The SMILES string of the molecule is CCc1cccc(OCCCC[NH2+]CCCOC)c1. The van der Waals surface area contributed by atoms with Crippen LogP contribution in [0.5, 0.6) is 5.75 Å². The van der Waals surface area contributed by atoms with Crippen molar-refractivity contribution >= 4 is 0 Å². The number of hydrogen-bond acceptors (Lipinski definition) is 2. The summed E-state index contributed by atoms with van der Waals surface area (Å²) in [6.07, 6.45) is 4.53. The Hall–Kier alpha value is -1.06. The third-order valence-corrected chi connectivity index (χ3v) is 3.13. The van der Waals surface area contributed by atoms with Crippen molar-refractivity contribution in [1.29, 1.82) is 0 Å². The molecule has 0 unspecified atom stereocenters. The molecule has 0 aliphatic rings. The van der Waals surface area contributed by atoms with Crippen LogP contribution < -0.4 is 10.1 Å². The predicted molar refractivity (Wildman–Crippen MR) is 78.7 cm³/mol. The molecule has 19 heavy (non-hydrogen) atoms. The number of aryl methyl sites for hydroxylation is 1. The third kappa shape index (κ3) is 7.85. The van der Waals surface area contributed by atoms with Gasteiger partial charge in [0.1, 0.15) is 5.75 Å². The summed E-state index contributed by atoms with van der Waals surface area (Å²) >= 11 is 0. The van der Waals surface area contributed by atoms with Gasteiger partial charge in [0.05, 0.1) is 26.3 Å². The molecule has 1 aromatic carbocycles. The number of unbranched alkanes of at least 4 members (excludes halogenated alkanes) is 1. The molecule has 0 aromatic heterocycles. The molecular weight excluding hydrogens is 238 g/mol. The number of benzene rings is 1. The average Bonchev–Trinajstić information content (AvgIpc) is 2.46. The second-order valence-electron chi connectivity index (χ2n) is 4.77. The van der Waals surface area contributed by atoms with Gasteiger partial charge in [-0.3, -0.25) is 0 Å². The predicted octanol–water partition coefficient (Wildman–Crippen LogP) is 2.01. The quantitative estimate of drug-likeness (QED) is 0.622. The van der Waals surface area contributed by atoms with Crippen LogP contribution in [0.3, 0.4) is 0 Å². The van der Waals surface area contributed by atoms with Crippen molar-refractivity contribution in [2.24, 2.45) is 0 Å². The smallest absolute Gasteiger partial charge is 0.119 e. The number of ether oxygens (including phenoxy) is 2. The van der Waals surface area contributed by atoms with Crippen LogP contribution in [0.25, 0.3) is 0 Å². The number of rotatable bonds is 11. The lowest BCUT2D eigenvalue weighted by molar-refractivity contribution is -0.655. The molecule has 0 spiro atoms. The summed E-state index contributed by atoms with van der Waals surface area (Å²) in [7, 11) is 1.75. The molecule has 0 fully saturated rings. The van der Waals surface area contributed by atoms with E-state index in [9.17, 15) is 0 Å². The van der Waals surface area contributed by atoms with E-state index in [2.05, 4.69) is 30.4 Å². The van der Waals surface area contributed by atoms with Crippen molar-refractivity contribution in [1.82, 2.24) is 0 Å². The molecule has 3 nitrogen and oxygen atoms in total. The molecule has 0 saturated carbocycles. The summed E-state index contributed by atoms with van der Waals surface area (Å²) in [6, 6.07) is 8.38. The minimum absolute atomic E-state index is 0.819. The van der Waals surface area contributed by atoms with Crippen LogP contribution in [0.1, 0.15) is 31.7 Å². The zero-order valence-electron chi connectivity index (χ0n) is 12.4. The van der Waals surface area contributed by atoms with Gasteiger partial charge in [-0.05, 0) is 37.0 Å². The first kappa shape index (κ1) is 16.0. The Labute approximate surface area is 117 Å². The molecule has 0 atom stereocenters. The molecule has 0 amide bonds. The van der Waals surface area contributed by atoms with Crippen LogP contribution in [0, 0.1) is 0 Å². The van der Waals surface area contributed by atoms with E-state index in [1.54, 1.807) is 7.11 Å². The number of hydrogen-bond donors (Lipinski definition) is 1. The molecule has 0 aliphatic heterocycles. The minimum Gasteiger partial charge on any atom is -0.494 e. The third-order valence-electron chi connectivity index (χ3n) is 3.13. The molecule has 108 valence electrons. The Morgan fingerprint density at radius 2 is 1.89 bits per heavy atom. The van der Waals surface area contributed by atoms with E-state index in [0.717, 1.165) is 44.8 Å². The van der Waals surface area contributed by atoms with Gasteiger partial charge in [0.25, 0.3) is 0 Å². The Morgan fingerprint density at radius 3 is 2.68 bits per heavy atom. The van der Waals surface area contributed by atoms with Crippen LogP contribution in [0.2, 0.25) is 0 Å². The average molecular weight is 266 g/mol. The van der Waals surface area contributed by atoms with E-state index in [1.807, 2.05) is 6.07 Å². The van der Waals surface area contributed by atoms with Gasteiger partial charge in [0.2, 0.25) is 0 Å². The van der Waals surface area contributed by atoms with Crippen LogP contribution in [-0.4, -0.2) is 33.4 Å². The van der Waals surface area contributed by atoms with Crippen molar-refractivity contribution in [3.8, 4) is 5.75 Å². The highest BCUT2D eigenvalue weighted by Gasteiger charge is 1.96. The van der Waals surface area contributed by atoms with E-state index in [0.29, 0.717) is 0 Å². The Morgan fingerprint density at radius 1 is 1.05 bits per heavy atom. The lowest BCUT2D eigenvalue weighted by Gasteiger charge is -2.07. The molecule has 2 N–H and O–H groups in total. The van der Waals surface area contributed by atoms with Gasteiger partial charge in [-0.25, -0.2) is 0 Å². The molecule has 0 radical (unpaired) electrons. The summed E-state index contributed by atoms with van der Waals surface area (Å²) < 4.78 is 10.8. The number of methoxy groups -OCH3 is 1. The molecule has 1 aromatic rings. The maximum atomic E-state index is 5.76. The topological polar surface area (TPSA) is 35.1 Å². The zero-order valence-corrected chi connectivity index (χ0v) is 12.4. The fourth-order valence-electron chi connectivity index (χ4n) is 1.95. The molecule has 0 bridgehead atoms. The fourth-order valence-corrected chi connectivity index (χ4v) is 1.95. The van der Waals surface area contributed by atoms with Crippen molar-refractivity contribution < 1.29 is 14.8 Å². The van der Waals surface area contributed by atoms with Crippen molar-refractivity contribution in [2.45, 2.75) is 32.6 Å². The Kier molecular flexibility index (Phi) is 9.11. The first-order chi connectivity index (χ1) is 9.36. The highest BCUT2D eigenvalue weighted by Crippen LogP contribution is 2.13. The summed E-state index contributed by atoms with van der Waals surface area (Å²) in [5, 5.41) is 2.36. The summed E-state index contributed by atoms with van der Waals surface area (Å²) in [4.78, 5) is 0. The maximum Gasteiger partial charge on any atom is 0.119 e. The molecule has 1 rings (SSSR count). The number of quaternary nitrogens is 1. The summed E-state index contributed by atoms with van der Waals surface area (Å²) in [6.45, 7) is 6.19. The van der Waals surface area contributed by atoms with Gasteiger partial charge >= 0.3 is 0 Å². The van der Waals surface area contributed by atoms with Gasteiger partial charge < -0.3 is 14.8 Å². The Bertz CT molecular complexity index is 328. The fraction of sp³-hybridized carbons (Fsp3) is 0.625. The van der Waals surface area contributed by atoms with Gasteiger partial charge in [0, 0.05) is 13.5 Å². The van der Waals surface area contributed by atoms with E-state index in [-0.39, 0.29) is 0 Å². The lowest BCUT2D eigenvalue weighted by Crippen LogP contribution is -2.84. The van der Waals surface area contributed by atoms with Gasteiger partial charge in [-0.2, -0.15) is 0 Å². The first-order valence-corrected chi connectivity index (χ1v) is 7.39. The van der Waals surface area contributed by atoms with E-state index in [1.165, 1.54) is 18.5 Å². The second kappa shape index (κ2) is 10.8.